The molecule has 69 heavy (non-hydrogen) atoms. The Balaban J connectivity index is 1.55. The first-order chi connectivity index (χ1) is 32.5. The van der Waals surface area contributed by atoms with E-state index in [0.29, 0.717) is 0 Å². The van der Waals surface area contributed by atoms with E-state index in [9.17, 15) is 91.0 Å². The third kappa shape index (κ3) is 12.5. The molecule has 0 aromatic rings. The molecule has 0 saturated carbocycles. The summed E-state index contributed by atoms with van der Waals surface area (Å²) in [5, 5.41) is 166. The second kappa shape index (κ2) is 24.4. The number of carbonyl (C=O) groups excluding carboxylic acids is 2. The van der Waals surface area contributed by atoms with Crippen molar-refractivity contribution in [2.75, 3.05) is 33.0 Å². The van der Waals surface area contributed by atoms with Gasteiger partial charge in [-0.15, -0.1) is 0 Å². The molecule has 0 aromatic carbocycles. The number of carboxylic acid groups (broad SMARTS) is 1. The summed E-state index contributed by atoms with van der Waals surface area (Å²) in [6, 6.07) is -3.43. The topological polar surface area (TPSA) is 471 Å². The van der Waals surface area contributed by atoms with E-state index in [1.165, 1.54) is 6.92 Å². The Bertz CT molecular complexity index is 1670. The molecular weight excluding hydrogens is 944 g/mol. The van der Waals surface area contributed by atoms with Gasteiger partial charge in [0.15, 0.2) is 25.2 Å². The molecule has 0 unspecified atom stereocenters. The number of carboxylic acids is 1. The molecule has 5 aliphatic heterocycles. The van der Waals surface area contributed by atoms with Gasteiger partial charge in [-0.05, 0) is 13.8 Å². The number of carbonyl (C=O) groups is 3. The van der Waals surface area contributed by atoms with Crippen molar-refractivity contribution in [3.8, 4) is 0 Å². The summed E-state index contributed by atoms with van der Waals surface area (Å²) < 4.78 is 58.1. The molecule has 0 spiro atoms. The molecule has 2 amide bonds. The van der Waals surface area contributed by atoms with Gasteiger partial charge in [-0.3, -0.25) is 9.59 Å². The van der Waals surface area contributed by atoms with Gasteiger partial charge in [-0.1, -0.05) is 0 Å². The Hall–Kier alpha value is -2.55. The minimum atomic E-state index is -3.19. The Morgan fingerprint density at radius 3 is 1.68 bits per heavy atom. The summed E-state index contributed by atoms with van der Waals surface area (Å²) in [5.74, 6) is -6.92. The molecule has 0 bridgehead atoms. The molecular formula is C39H66N2O28. The summed E-state index contributed by atoms with van der Waals surface area (Å²) in [7, 11) is 0. The summed E-state index contributed by atoms with van der Waals surface area (Å²) in [4.78, 5) is 38.1. The van der Waals surface area contributed by atoms with E-state index < -0.39 is 210 Å². The van der Waals surface area contributed by atoms with E-state index in [-0.39, 0.29) is 6.61 Å². The maximum Gasteiger partial charge on any atom is 0.364 e. The van der Waals surface area contributed by atoms with Crippen molar-refractivity contribution >= 4 is 17.8 Å². The van der Waals surface area contributed by atoms with Gasteiger partial charge in [-0.2, -0.15) is 0 Å². The normalized spacial score (nSPS) is 46.1. The lowest BCUT2D eigenvalue weighted by Crippen LogP contribution is -2.72. The lowest BCUT2D eigenvalue weighted by Gasteiger charge is -2.52. The monoisotopic (exact) mass is 1010 g/mol. The van der Waals surface area contributed by atoms with Crippen LogP contribution in [0.2, 0.25) is 0 Å². The second-order valence-corrected chi connectivity index (χ2v) is 17.3. The summed E-state index contributed by atoms with van der Waals surface area (Å²) in [6.45, 7) is 0.695. The lowest BCUT2D eigenvalue weighted by atomic mass is 9.88. The molecule has 5 aliphatic rings. The maximum absolute atomic E-state index is 13.1. The average molecular weight is 1010 g/mol. The Kier molecular flexibility index (Phi) is 20.3. The molecule has 5 saturated heterocycles. The van der Waals surface area contributed by atoms with Crippen LogP contribution >= 0.6 is 0 Å². The number of nitrogens with one attached hydrogen (secondary N) is 2. The molecule has 30 nitrogen and oxygen atoms in total. The zero-order valence-corrected chi connectivity index (χ0v) is 37.7. The van der Waals surface area contributed by atoms with Crippen molar-refractivity contribution in [1.82, 2.24) is 10.6 Å². The number of aliphatic hydroxyl groups is 14. The molecule has 26 atom stereocenters. The minimum absolute atomic E-state index is 0.0275. The molecule has 5 rings (SSSR count). The number of hydrogen-bond donors (Lipinski definition) is 17. The third-order valence-corrected chi connectivity index (χ3v) is 12.4. The quantitative estimate of drug-likeness (QED) is 0.0571. The van der Waals surface area contributed by atoms with Crippen molar-refractivity contribution in [3.63, 3.8) is 0 Å². The van der Waals surface area contributed by atoms with E-state index in [1.807, 2.05) is 0 Å². The van der Waals surface area contributed by atoms with Crippen LogP contribution in [0.4, 0.5) is 0 Å². The van der Waals surface area contributed by atoms with Crippen molar-refractivity contribution < 1.29 is 138 Å². The van der Waals surface area contributed by atoms with Crippen LogP contribution in [0, 0.1) is 0 Å². The molecule has 0 aromatic heterocycles. The highest BCUT2D eigenvalue weighted by atomic mass is 16.8. The molecule has 5 fully saturated rings. The number of aliphatic carboxylic acids is 1. The highest BCUT2D eigenvalue weighted by Crippen LogP contribution is 2.40. The zero-order valence-electron chi connectivity index (χ0n) is 37.7. The van der Waals surface area contributed by atoms with Gasteiger partial charge in [0.05, 0.1) is 44.7 Å². The van der Waals surface area contributed by atoms with Crippen molar-refractivity contribution in [3.05, 3.63) is 0 Å². The van der Waals surface area contributed by atoms with Crippen LogP contribution in [0.15, 0.2) is 0 Å². The highest BCUT2D eigenvalue weighted by molar-refractivity contribution is 5.76. The first-order valence-electron chi connectivity index (χ1n) is 22.1. The molecule has 400 valence electrons. The summed E-state index contributed by atoms with van der Waals surface area (Å²) in [5.41, 5.74) is 0. The molecule has 5 heterocycles. The van der Waals surface area contributed by atoms with Crippen LogP contribution in [-0.4, -0.2) is 286 Å². The molecule has 30 heteroatoms. The van der Waals surface area contributed by atoms with E-state index >= 15 is 0 Å². The lowest BCUT2D eigenvalue weighted by molar-refractivity contribution is -0.397. The van der Waals surface area contributed by atoms with Gasteiger partial charge in [0.25, 0.3) is 5.79 Å². The van der Waals surface area contributed by atoms with Crippen LogP contribution in [0.25, 0.3) is 0 Å². The average Bonchev–Trinajstić information content (AvgIpc) is 3.30. The predicted octanol–water partition coefficient (Wildman–Crippen LogP) is -10.4. The van der Waals surface area contributed by atoms with Gasteiger partial charge in [0.2, 0.25) is 11.8 Å². The predicted molar refractivity (Wildman–Crippen MR) is 215 cm³/mol. The SMILES string of the molecule is CCO[C@@H]1O[C@@H](CO)[C@H](O)[C@H](O[C@@H]2O[C@@H](CO)[C@@H](O[C@@H]3O[C@@H](CO)[C@H](O)[C@H](O[C@]4(C(=O)O)C[C@@H](O)[C@@H](NC(C)=O)[C@H]([C@H](O)[C@H](O)CO)O4)[C@@H]3O)[C@H](O[C@@H]3O[C@@H](C)[C@@H](O)[C@H](O)[C@@H]3O)[C@@H]2NC(C)=O)[C@@H]1O. The summed E-state index contributed by atoms with van der Waals surface area (Å²) >= 11 is 0. The van der Waals surface area contributed by atoms with Gasteiger partial charge in [0, 0.05) is 26.9 Å². The van der Waals surface area contributed by atoms with Crippen LogP contribution in [0.1, 0.15) is 34.1 Å². The number of amides is 2. The van der Waals surface area contributed by atoms with E-state index in [1.54, 1.807) is 6.92 Å². The molecule has 0 aliphatic carbocycles. The standard InChI is InChI=1S/C39H66N2O28/c1-5-60-35-27(56)32(23(52)16(8-43)62-35)67-34-20(41-13(4)47)31(66-36-26(55)25(54)21(50)11(2)61-36)29(18(10-45)64-34)65-37-28(57)33(24(53)17(9-44)63-37)69-39(38(58)59)6-14(48)19(40-12(3)46)30(68-39)22(51)15(49)7-42/h11,14-37,42-45,48-57H,5-10H2,1-4H3,(H,40,46)(H,41,47)(H,58,59)/t11-,14+,15+,16-,17-,18-,19+,20-,21+,22+,23-,24-,25-,26-,27-,28-,29+,30+,31+,32-,33-,34-,35+,36-,37-,39-/m0/s1. The van der Waals surface area contributed by atoms with Crippen LogP contribution in [0.5, 0.6) is 0 Å². The van der Waals surface area contributed by atoms with Gasteiger partial charge >= 0.3 is 5.97 Å². The van der Waals surface area contributed by atoms with Gasteiger partial charge in [0.1, 0.15) is 110 Å². The highest BCUT2D eigenvalue weighted by Gasteiger charge is 2.61. The Morgan fingerprint density at radius 1 is 0.623 bits per heavy atom. The fourth-order valence-electron chi connectivity index (χ4n) is 8.76. The number of hydrogen-bond acceptors (Lipinski definition) is 27. The zero-order chi connectivity index (χ0) is 51.4. The van der Waals surface area contributed by atoms with Crippen LogP contribution in [0.3, 0.4) is 0 Å². The van der Waals surface area contributed by atoms with Crippen molar-refractivity contribution in [1.29, 1.82) is 0 Å². The fourth-order valence-corrected chi connectivity index (χ4v) is 8.76. The molecule has 0 radical (unpaired) electrons. The van der Waals surface area contributed by atoms with E-state index in [4.69, 9.17) is 47.4 Å². The number of ether oxygens (including phenoxy) is 10. The van der Waals surface area contributed by atoms with E-state index in [2.05, 4.69) is 10.6 Å². The Morgan fingerprint density at radius 2 is 1.13 bits per heavy atom. The first-order valence-corrected chi connectivity index (χ1v) is 22.1. The maximum atomic E-state index is 13.1. The van der Waals surface area contributed by atoms with Crippen molar-refractivity contribution in [2.45, 2.75) is 193 Å². The summed E-state index contributed by atoms with van der Waals surface area (Å²) in [6.07, 6.45) is -45.2. The Labute approximate surface area is 392 Å². The molecule has 17 N–H and O–H groups in total. The smallest absolute Gasteiger partial charge is 0.364 e. The van der Waals surface area contributed by atoms with Gasteiger partial charge < -0.3 is 135 Å². The van der Waals surface area contributed by atoms with E-state index in [0.717, 1.165) is 13.8 Å². The number of rotatable bonds is 19. The fraction of sp³-hybridized carbons (Fsp3) is 0.923. The third-order valence-electron chi connectivity index (χ3n) is 12.4. The van der Waals surface area contributed by atoms with Crippen molar-refractivity contribution in [2.24, 2.45) is 0 Å². The van der Waals surface area contributed by atoms with Gasteiger partial charge in [-0.25, -0.2) is 4.79 Å². The first kappa shape index (κ1) is 57.4. The van der Waals surface area contributed by atoms with Crippen LogP contribution < -0.4 is 10.6 Å². The second-order valence-electron chi connectivity index (χ2n) is 17.3. The number of aliphatic hydroxyl groups excluding tert-OH is 14. The van der Waals surface area contributed by atoms with Crippen LogP contribution in [-0.2, 0) is 61.8 Å². The minimum Gasteiger partial charge on any atom is -0.477 e. The largest absolute Gasteiger partial charge is 0.477 e.